The maximum Gasteiger partial charge on any atom is 0.233 e. The number of β-lactam (4-membered cyclic amide) rings is 1. The number of amides is 1. The van der Waals surface area contributed by atoms with Gasteiger partial charge in [-0.05, 0) is 24.0 Å². The number of hydrogen-bond donors (Lipinski definition) is 0. The van der Waals surface area contributed by atoms with Gasteiger partial charge >= 0.3 is 0 Å². The summed E-state index contributed by atoms with van der Waals surface area (Å²) in [5.41, 5.74) is 3.72. The van der Waals surface area contributed by atoms with E-state index in [1.54, 1.807) is 0 Å². The summed E-state index contributed by atoms with van der Waals surface area (Å²) in [5.74, 6) is 0.212. The van der Waals surface area contributed by atoms with E-state index in [2.05, 4.69) is 49.1 Å². The summed E-state index contributed by atoms with van der Waals surface area (Å²) in [4.78, 5) is 15.0. The van der Waals surface area contributed by atoms with Crippen LogP contribution in [0.1, 0.15) is 50.2 Å². The van der Waals surface area contributed by atoms with Crippen molar-refractivity contribution in [2.24, 2.45) is 0 Å². The number of hydrogen-bond acceptors (Lipinski definition) is 1. The van der Waals surface area contributed by atoms with Gasteiger partial charge in [-0.2, -0.15) is 0 Å². The molecule has 0 bridgehead atoms. The van der Waals surface area contributed by atoms with Gasteiger partial charge in [0.05, 0.1) is 12.0 Å². The van der Waals surface area contributed by atoms with Crippen LogP contribution in [0.2, 0.25) is 0 Å². The fraction of sp³-hybridized carbons (Fsp3) is 0.348. The third-order valence-electron chi connectivity index (χ3n) is 5.04. The molecule has 2 heteroatoms. The molecule has 0 saturated carbocycles. The van der Waals surface area contributed by atoms with E-state index in [9.17, 15) is 4.79 Å². The quantitative estimate of drug-likeness (QED) is 0.496. The first kappa shape index (κ1) is 17.5. The monoisotopic (exact) mass is 333 g/mol. The molecule has 0 radical (unpaired) electrons. The normalized spacial score (nSPS) is 20.5. The summed E-state index contributed by atoms with van der Waals surface area (Å²) in [5, 5.41) is 0. The molecule has 1 saturated heterocycles. The highest BCUT2D eigenvalue weighted by atomic mass is 16.2. The van der Waals surface area contributed by atoms with Crippen molar-refractivity contribution in [2.45, 2.75) is 51.6 Å². The van der Waals surface area contributed by atoms with Crippen molar-refractivity contribution < 1.29 is 4.79 Å². The van der Waals surface area contributed by atoms with Crippen LogP contribution in [0.4, 0.5) is 0 Å². The van der Waals surface area contributed by atoms with Crippen molar-refractivity contribution in [1.82, 2.24) is 4.90 Å². The van der Waals surface area contributed by atoms with E-state index in [0.717, 1.165) is 24.8 Å². The summed E-state index contributed by atoms with van der Waals surface area (Å²) in [7, 11) is 0. The Morgan fingerprint density at radius 3 is 2.24 bits per heavy atom. The Bertz CT molecular complexity index is 720. The van der Waals surface area contributed by atoms with Crippen molar-refractivity contribution in [2.75, 3.05) is 0 Å². The predicted octanol–water partition coefficient (Wildman–Crippen LogP) is 5.32. The molecule has 1 aliphatic rings. The Kier molecular flexibility index (Phi) is 5.70. The van der Waals surface area contributed by atoms with Crippen molar-refractivity contribution >= 4 is 5.91 Å². The molecule has 1 aliphatic heterocycles. The zero-order valence-corrected chi connectivity index (χ0v) is 15.2. The van der Waals surface area contributed by atoms with Crippen molar-refractivity contribution in [3.63, 3.8) is 0 Å². The molecule has 2 aromatic carbocycles. The second kappa shape index (κ2) is 8.15. The summed E-state index contributed by atoms with van der Waals surface area (Å²) >= 11 is 0. The third-order valence-corrected chi connectivity index (χ3v) is 5.04. The largest absolute Gasteiger partial charge is 0.330 e. The Labute approximate surface area is 151 Å². The summed E-state index contributed by atoms with van der Waals surface area (Å²) in [6.45, 7) is 5.09. The van der Waals surface area contributed by atoms with Gasteiger partial charge in [0, 0.05) is 6.54 Å². The Morgan fingerprint density at radius 2 is 1.64 bits per heavy atom. The van der Waals surface area contributed by atoms with E-state index in [0.29, 0.717) is 6.54 Å². The third kappa shape index (κ3) is 3.68. The molecule has 0 unspecified atom stereocenters. The lowest BCUT2D eigenvalue weighted by Gasteiger charge is -2.49. The molecule has 0 spiro atoms. The zero-order valence-electron chi connectivity index (χ0n) is 15.2. The van der Waals surface area contributed by atoms with Gasteiger partial charge in [0.15, 0.2) is 0 Å². The van der Waals surface area contributed by atoms with E-state index in [4.69, 9.17) is 0 Å². The van der Waals surface area contributed by atoms with Gasteiger partial charge in [-0.1, -0.05) is 92.6 Å². The molecule has 130 valence electrons. The lowest BCUT2D eigenvalue weighted by Crippen LogP contribution is -2.59. The van der Waals surface area contributed by atoms with Crippen LogP contribution in [0.15, 0.2) is 72.3 Å². The van der Waals surface area contributed by atoms with Crippen LogP contribution in [0.25, 0.3) is 0 Å². The summed E-state index contributed by atoms with van der Waals surface area (Å²) in [6, 6.07) is 20.7. The molecule has 0 N–H and O–H groups in total. The van der Waals surface area contributed by atoms with Crippen LogP contribution in [0.3, 0.4) is 0 Å². The molecule has 2 atom stereocenters. The van der Waals surface area contributed by atoms with Gasteiger partial charge < -0.3 is 4.90 Å². The van der Waals surface area contributed by atoms with Crippen molar-refractivity contribution in [3.05, 3.63) is 83.4 Å². The van der Waals surface area contributed by atoms with Gasteiger partial charge in [0.1, 0.15) is 0 Å². The van der Waals surface area contributed by atoms with E-state index in [-0.39, 0.29) is 17.9 Å². The number of carbonyl (C=O) groups is 1. The highest BCUT2D eigenvalue weighted by Gasteiger charge is 2.48. The van der Waals surface area contributed by atoms with E-state index in [1.807, 2.05) is 36.4 Å². The highest BCUT2D eigenvalue weighted by Crippen LogP contribution is 2.41. The Balaban J connectivity index is 1.90. The molecular formula is C23H27NO. The van der Waals surface area contributed by atoms with Gasteiger partial charge in [0.25, 0.3) is 0 Å². The Hall–Kier alpha value is -2.35. The smallest absolute Gasteiger partial charge is 0.233 e. The fourth-order valence-corrected chi connectivity index (χ4v) is 3.71. The first-order chi connectivity index (χ1) is 12.3. The average Bonchev–Trinajstić information content (AvgIpc) is 2.67. The molecule has 2 aromatic rings. The average molecular weight is 333 g/mol. The van der Waals surface area contributed by atoms with Crippen molar-refractivity contribution in [1.29, 1.82) is 0 Å². The first-order valence-corrected chi connectivity index (χ1v) is 9.34. The molecule has 3 rings (SSSR count). The molecule has 0 aromatic heterocycles. The number of benzene rings is 2. The molecule has 0 aliphatic carbocycles. The Morgan fingerprint density at radius 1 is 1.00 bits per heavy atom. The standard InChI is InChI=1S/C23H27NO/c1-3-5-14-19(4-2)22-21(20-15-10-7-11-16-20)23(25)24(22)17-18-12-8-6-9-13-18/h6-16,21-22H,3-5,17H2,1-2H3/b19-14+/t21-,22-/m0/s1. The molecular weight excluding hydrogens is 306 g/mol. The minimum Gasteiger partial charge on any atom is -0.330 e. The lowest BCUT2D eigenvalue weighted by atomic mass is 9.76. The molecule has 25 heavy (non-hydrogen) atoms. The SMILES string of the molecule is CCC/C=C(\CC)[C@H]1[C@H](c2ccccc2)C(=O)N1Cc1ccccc1. The topological polar surface area (TPSA) is 20.3 Å². The number of likely N-dealkylation sites (tertiary alicyclic amines) is 1. The highest BCUT2D eigenvalue weighted by molar-refractivity contribution is 5.92. The fourth-order valence-electron chi connectivity index (χ4n) is 3.71. The zero-order chi connectivity index (χ0) is 17.6. The van der Waals surface area contributed by atoms with Crippen LogP contribution in [0, 0.1) is 0 Å². The summed E-state index contributed by atoms with van der Waals surface area (Å²) in [6.07, 6.45) is 5.56. The minimum absolute atomic E-state index is 0.0343. The number of allylic oxidation sites excluding steroid dienone is 1. The van der Waals surface area contributed by atoms with Crippen LogP contribution in [-0.4, -0.2) is 16.8 Å². The number of rotatable bonds is 7. The number of carbonyl (C=O) groups excluding carboxylic acids is 1. The molecule has 1 heterocycles. The van der Waals surface area contributed by atoms with E-state index < -0.39 is 0 Å². The van der Waals surface area contributed by atoms with Gasteiger partial charge in [-0.3, -0.25) is 4.79 Å². The van der Waals surface area contributed by atoms with Gasteiger partial charge in [-0.15, -0.1) is 0 Å². The van der Waals surface area contributed by atoms with E-state index in [1.165, 1.54) is 11.1 Å². The predicted molar refractivity (Wildman–Crippen MR) is 103 cm³/mol. The minimum atomic E-state index is -0.0343. The van der Waals surface area contributed by atoms with Gasteiger partial charge in [0.2, 0.25) is 5.91 Å². The van der Waals surface area contributed by atoms with Crippen LogP contribution < -0.4 is 0 Å². The second-order valence-electron chi connectivity index (χ2n) is 6.71. The maximum absolute atomic E-state index is 13.0. The number of nitrogens with zero attached hydrogens (tertiary/aromatic N) is 1. The lowest BCUT2D eigenvalue weighted by molar-refractivity contribution is -0.148. The van der Waals surface area contributed by atoms with Crippen LogP contribution >= 0.6 is 0 Å². The maximum atomic E-state index is 13.0. The second-order valence-corrected chi connectivity index (χ2v) is 6.71. The van der Waals surface area contributed by atoms with Crippen LogP contribution in [0.5, 0.6) is 0 Å². The van der Waals surface area contributed by atoms with E-state index >= 15 is 0 Å². The van der Waals surface area contributed by atoms with Crippen molar-refractivity contribution in [3.8, 4) is 0 Å². The molecule has 2 nitrogen and oxygen atoms in total. The summed E-state index contributed by atoms with van der Waals surface area (Å²) < 4.78 is 0. The van der Waals surface area contributed by atoms with Crippen LogP contribution in [-0.2, 0) is 11.3 Å². The number of unbranched alkanes of at least 4 members (excludes halogenated alkanes) is 1. The first-order valence-electron chi connectivity index (χ1n) is 9.34. The molecule has 1 fully saturated rings. The van der Waals surface area contributed by atoms with Gasteiger partial charge in [-0.25, -0.2) is 0 Å². The molecule has 1 amide bonds.